The third-order valence-corrected chi connectivity index (χ3v) is 10.6. The van der Waals surface area contributed by atoms with E-state index in [-0.39, 0.29) is 17.3 Å². The van der Waals surface area contributed by atoms with Gasteiger partial charge in [-0.2, -0.15) is 0 Å². The van der Waals surface area contributed by atoms with Crippen LogP contribution in [0.1, 0.15) is 97.8 Å². The average molecular weight is 509 g/mol. The third kappa shape index (κ3) is 7.47. The van der Waals surface area contributed by atoms with Crippen LogP contribution in [-0.4, -0.2) is 52.1 Å². The van der Waals surface area contributed by atoms with Gasteiger partial charge >= 0.3 is 0 Å². The van der Waals surface area contributed by atoms with Crippen LogP contribution in [0.4, 0.5) is 0 Å². The molecule has 3 N–H and O–H groups in total. The van der Waals surface area contributed by atoms with E-state index in [9.17, 15) is 10.2 Å². The number of alkyl halides is 1. The van der Waals surface area contributed by atoms with Crippen LogP contribution in [-0.2, 0) is 0 Å². The fourth-order valence-electron chi connectivity index (χ4n) is 7.73. The predicted octanol–water partition coefficient (Wildman–Crippen LogP) is 6.16. The third-order valence-electron chi connectivity index (χ3n) is 10.2. The van der Waals surface area contributed by atoms with Gasteiger partial charge in [-0.3, -0.25) is 10.2 Å². The molecule has 0 amide bonds. The van der Waals surface area contributed by atoms with Gasteiger partial charge in [0.05, 0.1) is 11.4 Å². The number of nitrogens with one attached hydrogen (secondary N) is 1. The van der Waals surface area contributed by atoms with Crippen LogP contribution in [0.2, 0.25) is 0 Å². The Hall–Kier alpha value is -0.130. The number of allylic oxidation sites excluding steroid dienone is 2. The second kappa shape index (κ2) is 13.1. The number of piperidine rings is 1. The van der Waals surface area contributed by atoms with Gasteiger partial charge in [-0.05, 0) is 92.8 Å². The Labute approximate surface area is 220 Å². The molecule has 0 aromatic rings. The van der Waals surface area contributed by atoms with Crippen molar-refractivity contribution in [1.29, 1.82) is 0 Å². The minimum Gasteiger partial charge on any atom is -0.378 e. The summed E-state index contributed by atoms with van der Waals surface area (Å²) in [6.45, 7) is 8.61. The molecule has 2 saturated carbocycles. The van der Waals surface area contributed by atoms with E-state index in [0.717, 1.165) is 62.9 Å². The molecule has 0 aromatic heterocycles. The van der Waals surface area contributed by atoms with E-state index < -0.39 is 12.5 Å². The van der Waals surface area contributed by atoms with E-state index in [1.165, 1.54) is 44.9 Å². The molecule has 1 heterocycles. The molecule has 4 nitrogen and oxygen atoms in total. The highest BCUT2D eigenvalue weighted by Crippen LogP contribution is 2.42. The Bertz CT molecular complexity index is 657. The maximum atomic E-state index is 11.4. The summed E-state index contributed by atoms with van der Waals surface area (Å²) in [5.74, 6) is 4.47. The molecule has 35 heavy (non-hydrogen) atoms. The van der Waals surface area contributed by atoms with Crippen LogP contribution in [0.25, 0.3) is 0 Å². The second-order valence-corrected chi connectivity index (χ2v) is 13.6. The largest absolute Gasteiger partial charge is 0.378 e. The average Bonchev–Trinajstić information content (AvgIpc) is 2.87. The van der Waals surface area contributed by atoms with Gasteiger partial charge in [0.1, 0.15) is 12.5 Å². The zero-order valence-electron chi connectivity index (χ0n) is 22.6. The van der Waals surface area contributed by atoms with Gasteiger partial charge in [0.25, 0.3) is 0 Å². The summed E-state index contributed by atoms with van der Waals surface area (Å²) in [6.07, 6.45) is 18.4. The van der Waals surface area contributed by atoms with Crippen molar-refractivity contribution >= 4 is 11.6 Å². The molecular formula is C30H53ClN2O2. The van der Waals surface area contributed by atoms with Crippen molar-refractivity contribution in [3.05, 3.63) is 12.2 Å². The topological polar surface area (TPSA) is 55.7 Å². The number of aliphatic hydroxyl groups is 2. The van der Waals surface area contributed by atoms with Crippen molar-refractivity contribution in [3.8, 4) is 0 Å². The molecule has 0 spiro atoms. The van der Waals surface area contributed by atoms with Crippen LogP contribution in [0.15, 0.2) is 12.2 Å². The number of hydrogen-bond donors (Lipinski definition) is 3. The number of likely N-dealkylation sites (tertiary alicyclic amines) is 1. The quantitative estimate of drug-likeness (QED) is 0.209. The second-order valence-electron chi connectivity index (χ2n) is 13.0. The van der Waals surface area contributed by atoms with E-state index in [1.807, 2.05) is 0 Å². The number of rotatable bonds is 8. The van der Waals surface area contributed by atoms with Crippen molar-refractivity contribution in [3.63, 3.8) is 0 Å². The maximum Gasteiger partial charge on any atom is 0.123 e. The monoisotopic (exact) mass is 508 g/mol. The molecule has 4 aliphatic rings. The van der Waals surface area contributed by atoms with Crippen LogP contribution in [0.3, 0.4) is 0 Å². The molecule has 0 bridgehead atoms. The lowest BCUT2D eigenvalue weighted by Crippen LogP contribution is -2.58. The molecule has 1 saturated heterocycles. The van der Waals surface area contributed by atoms with Gasteiger partial charge in [0.2, 0.25) is 0 Å². The summed E-state index contributed by atoms with van der Waals surface area (Å²) in [6, 6.07) is -0.107. The van der Waals surface area contributed by atoms with E-state index in [0.29, 0.717) is 17.8 Å². The predicted molar refractivity (Wildman–Crippen MR) is 146 cm³/mol. The van der Waals surface area contributed by atoms with Crippen molar-refractivity contribution in [2.75, 3.05) is 13.1 Å². The Kier molecular flexibility index (Phi) is 10.4. The lowest BCUT2D eigenvalue weighted by atomic mass is 9.68. The van der Waals surface area contributed by atoms with Crippen LogP contribution in [0, 0.1) is 41.4 Å². The Morgan fingerprint density at radius 2 is 1.54 bits per heavy atom. The summed E-state index contributed by atoms with van der Waals surface area (Å²) < 4.78 is 0. The molecular weight excluding hydrogens is 456 g/mol. The van der Waals surface area contributed by atoms with Gasteiger partial charge in [0, 0.05) is 13.1 Å². The Morgan fingerprint density at radius 1 is 0.829 bits per heavy atom. The van der Waals surface area contributed by atoms with Gasteiger partial charge in [0.15, 0.2) is 0 Å². The highest BCUT2D eigenvalue weighted by atomic mass is 35.5. The highest BCUT2D eigenvalue weighted by Gasteiger charge is 2.37. The molecule has 7 atom stereocenters. The van der Waals surface area contributed by atoms with Crippen molar-refractivity contribution in [1.82, 2.24) is 10.2 Å². The molecule has 0 aromatic carbocycles. The lowest BCUT2D eigenvalue weighted by molar-refractivity contribution is -0.0762. The zero-order chi connectivity index (χ0) is 24.9. The summed E-state index contributed by atoms with van der Waals surface area (Å²) in [5, 5.41) is 26.4. The van der Waals surface area contributed by atoms with Crippen molar-refractivity contribution in [2.45, 2.75) is 122 Å². The first-order valence-electron chi connectivity index (χ1n) is 15.0. The van der Waals surface area contributed by atoms with Gasteiger partial charge < -0.3 is 10.2 Å². The fourth-order valence-corrected chi connectivity index (χ4v) is 7.94. The molecule has 0 radical (unpaired) electrons. The Morgan fingerprint density at radius 3 is 2.17 bits per heavy atom. The maximum absolute atomic E-state index is 11.4. The fraction of sp³-hybridized carbons (Fsp3) is 0.933. The van der Waals surface area contributed by atoms with E-state index >= 15 is 0 Å². The SMILES string of the molecule is CC1CCC(C2CCCC(C(O)N[C@H](C(C)C)C(O)N3CCC(C4C=CC(Cl)CC4)CC3)C2)CC1. The summed E-state index contributed by atoms with van der Waals surface area (Å²) in [4.78, 5) is 2.25. The smallest absolute Gasteiger partial charge is 0.123 e. The number of halogens is 1. The van der Waals surface area contributed by atoms with E-state index in [1.54, 1.807) is 0 Å². The zero-order valence-corrected chi connectivity index (χ0v) is 23.4. The first-order chi connectivity index (χ1) is 16.8. The number of hydrogen-bond acceptors (Lipinski definition) is 4. The summed E-state index contributed by atoms with van der Waals surface area (Å²) in [7, 11) is 0. The van der Waals surface area contributed by atoms with Crippen LogP contribution >= 0.6 is 11.6 Å². The number of nitrogens with zero attached hydrogens (tertiary/aromatic N) is 1. The highest BCUT2D eigenvalue weighted by molar-refractivity contribution is 6.21. The Balaban J connectivity index is 1.27. The molecule has 6 unspecified atom stereocenters. The molecule has 3 aliphatic carbocycles. The normalized spacial score (nSPS) is 38.4. The summed E-state index contributed by atoms with van der Waals surface area (Å²) in [5.41, 5.74) is 0. The molecule has 5 heteroatoms. The van der Waals surface area contributed by atoms with Gasteiger partial charge in [-0.1, -0.05) is 58.6 Å². The van der Waals surface area contributed by atoms with Gasteiger partial charge in [-0.25, -0.2) is 0 Å². The number of aliphatic hydroxyl groups excluding tert-OH is 2. The van der Waals surface area contributed by atoms with E-state index in [4.69, 9.17) is 11.6 Å². The first kappa shape index (κ1) is 27.9. The molecule has 1 aliphatic heterocycles. The van der Waals surface area contributed by atoms with Crippen molar-refractivity contribution < 1.29 is 10.2 Å². The van der Waals surface area contributed by atoms with Gasteiger partial charge in [-0.15, -0.1) is 11.6 Å². The van der Waals surface area contributed by atoms with Crippen LogP contribution < -0.4 is 5.32 Å². The molecule has 3 fully saturated rings. The van der Waals surface area contributed by atoms with E-state index in [2.05, 4.69) is 43.1 Å². The standard InChI is InChI=1S/C30H53ClN2O2/c1-20(2)28(30(35)33-17-15-24(16-18-33)22-11-13-27(31)14-12-22)32-29(34)26-6-4-5-25(19-26)23-9-7-21(3)8-10-23/h11,13,20-30,32,34-35H,4-10,12,14-19H2,1-3H3/t21?,22?,23?,25?,26?,27?,28-,29?,30?/m1/s1. The van der Waals surface area contributed by atoms with Crippen molar-refractivity contribution in [2.24, 2.45) is 41.4 Å². The minimum absolute atomic E-state index is 0.107. The summed E-state index contributed by atoms with van der Waals surface area (Å²) >= 11 is 6.24. The first-order valence-corrected chi connectivity index (χ1v) is 15.4. The minimum atomic E-state index is -0.543. The molecule has 4 rings (SSSR count). The molecule has 202 valence electrons. The van der Waals surface area contributed by atoms with Crippen LogP contribution in [0.5, 0.6) is 0 Å². The lowest BCUT2D eigenvalue weighted by Gasteiger charge is -2.43.